The van der Waals surface area contributed by atoms with Crippen molar-refractivity contribution >= 4 is 68.6 Å². The van der Waals surface area contributed by atoms with Crippen LogP contribution in [0.25, 0.3) is 22.1 Å². The number of benzene rings is 2. The predicted octanol–water partition coefficient (Wildman–Crippen LogP) is 4.54. The summed E-state index contributed by atoms with van der Waals surface area (Å²) in [6.45, 7) is 0. The summed E-state index contributed by atoms with van der Waals surface area (Å²) in [5, 5.41) is 13.6. The van der Waals surface area contributed by atoms with Crippen LogP contribution in [0.5, 0.6) is 0 Å². The van der Waals surface area contributed by atoms with Gasteiger partial charge in [0.2, 0.25) is 11.1 Å². The SMILES string of the molecule is O=C(CSc1nnc2c(n1)[nH]c1ccc(Cl)cc12)Nc1ccc(Cl)cc1. The van der Waals surface area contributed by atoms with E-state index >= 15 is 0 Å². The minimum Gasteiger partial charge on any atom is -0.338 e. The molecule has 0 fully saturated rings. The molecule has 0 aliphatic carbocycles. The van der Waals surface area contributed by atoms with Gasteiger partial charge in [0.05, 0.1) is 5.75 Å². The second-order valence-electron chi connectivity index (χ2n) is 5.45. The fraction of sp³-hybridized carbons (Fsp3) is 0.0588. The van der Waals surface area contributed by atoms with Gasteiger partial charge in [-0.15, -0.1) is 10.2 Å². The zero-order valence-electron chi connectivity index (χ0n) is 13.2. The molecule has 9 heteroatoms. The maximum atomic E-state index is 12.0. The Hall–Kier alpha value is -2.35. The number of aromatic nitrogens is 4. The van der Waals surface area contributed by atoms with Crippen molar-refractivity contribution < 1.29 is 4.79 Å². The van der Waals surface area contributed by atoms with Crippen molar-refractivity contribution in [3.8, 4) is 0 Å². The van der Waals surface area contributed by atoms with Gasteiger partial charge in [-0.2, -0.15) is 0 Å². The number of hydrogen-bond acceptors (Lipinski definition) is 5. The molecule has 2 aromatic heterocycles. The van der Waals surface area contributed by atoms with E-state index in [-0.39, 0.29) is 11.7 Å². The smallest absolute Gasteiger partial charge is 0.234 e. The number of thioether (sulfide) groups is 1. The average Bonchev–Trinajstić information content (AvgIpc) is 2.99. The number of nitrogens with one attached hydrogen (secondary N) is 2. The highest BCUT2D eigenvalue weighted by atomic mass is 35.5. The summed E-state index contributed by atoms with van der Waals surface area (Å²) in [7, 11) is 0. The normalized spacial score (nSPS) is 11.2. The van der Waals surface area contributed by atoms with Crippen LogP contribution in [-0.2, 0) is 4.79 Å². The minimum absolute atomic E-state index is 0.163. The lowest BCUT2D eigenvalue weighted by Gasteiger charge is -2.04. The molecule has 0 unspecified atom stereocenters. The zero-order chi connectivity index (χ0) is 18.1. The number of rotatable bonds is 4. The van der Waals surface area contributed by atoms with Crippen LogP contribution < -0.4 is 5.32 Å². The van der Waals surface area contributed by atoms with Crippen LogP contribution in [-0.4, -0.2) is 31.8 Å². The Morgan fingerprint density at radius 1 is 1.08 bits per heavy atom. The van der Waals surface area contributed by atoms with Gasteiger partial charge in [0.15, 0.2) is 5.65 Å². The maximum Gasteiger partial charge on any atom is 0.234 e. The molecular formula is C17H11Cl2N5OS. The minimum atomic E-state index is -0.163. The van der Waals surface area contributed by atoms with E-state index in [4.69, 9.17) is 23.2 Å². The summed E-state index contributed by atoms with van der Waals surface area (Å²) in [5.74, 6) is 0.00597. The molecule has 2 N–H and O–H groups in total. The van der Waals surface area contributed by atoms with Crippen molar-refractivity contribution in [3.05, 3.63) is 52.5 Å². The number of H-pyrrole nitrogens is 1. The number of hydrogen-bond donors (Lipinski definition) is 2. The lowest BCUT2D eigenvalue weighted by molar-refractivity contribution is -0.113. The van der Waals surface area contributed by atoms with Crippen molar-refractivity contribution in [1.82, 2.24) is 20.2 Å². The molecule has 2 heterocycles. The molecule has 0 radical (unpaired) electrons. The van der Waals surface area contributed by atoms with Gasteiger partial charge in [0.25, 0.3) is 0 Å². The van der Waals surface area contributed by atoms with Crippen molar-refractivity contribution in [2.45, 2.75) is 5.16 Å². The van der Waals surface area contributed by atoms with Gasteiger partial charge in [-0.3, -0.25) is 4.79 Å². The van der Waals surface area contributed by atoms with Crippen LogP contribution in [0, 0.1) is 0 Å². The van der Waals surface area contributed by atoms with Crippen molar-refractivity contribution in [3.63, 3.8) is 0 Å². The Labute approximate surface area is 162 Å². The van der Waals surface area contributed by atoms with Crippen LogP contribution in [0.4, 0.5) is 5.69 Å². The van der Waals surface area contributed by atoms with Gasteiger partial charge < -0.3 is 10.3 Å². The molecule has 4 rings (SSSR count). The third-order valence-electron chi connectivity index (χ3n) is 3.62. The summed E-state index contributed by atoms with van der Waals surface area (Å²) >= 11 is 13.1. The van der Waals surface area contributed by atoms with E-state index in [0.717, 1.165) is 10.9 Å². The maximum absolute atomic E-state index is 12.0. The van der Waals surface area contributed by atoms with Gasteiger partial charge in [-0.25, -0.2) is 4.98 Å². The molecule has 130 valence electrons. The van der Waals surface area contributed by atoms with E-state index in [1.54, 1.807) is 30.3 Å². The Morgan fingerprint density at radius 3 is 2.65 bits per heavy atom. The lowest BCUT2D eigenvalue weighted by Crippen LogP contribution is -2.14. The van der Waals surface area contributed by atoms with Crippen LogP contribution in [0.15, 0.2) is 47.6 Å². The molecule has 1 amide bonds. The number of halogens is 2. The van der Waals surface area contributed by atoms with Crippen molar-refractivity contribution in [2.24, 2.45) is 0 Å². The third kappa shape index (κ3) is 3.60. The molecule has 0 bridgehead atoms. The van der Waals surface area contributed by atoms with Gasteiger partial charge in [0, 0.05) is 26.6 Å². The fourth-order valence-corrected chi connectivity index (χ4v) is 3.34. The second kappa shape index (κ2) is 7.11. The van der Waals surface area contributed by atoms with Gasteiger partial charge in [-0.1, -0.05) is 35.0 Å². The molecule has 0 atom stereocenters. The number of fused-ring (bicyclic) bond motifs is 3. The zero-order valence-corrected chi connectivity index (χ0v) is 15.5. The number of amides is 1. The first-order chi connectivity index (χ1) is 12.6. The summed E-state index contributed by atoms with van der Waals surface area (Å²) < 4.78 is 0. The molecule has 26 heavy (non-hydrogen) atoms. The number of anilines is 1. The molecule has 0 aliphatic heterocycles. The van der Waals surface area contributed by atoms with E-state index in [1.807, 2.05) is 12.1 Å². The van der Waals surface area contributed by atoms with E-state index in [2.05, 4.69) is 25.5 Å². The third-order valence-corrected chi connectivity index (χ3v) is 4.94. The Morgan fingerprint density at radius 2 is 1.85 bits per heavy atom. The molecular weight excluding hydrogens is 393 g/mol. The van der Waals surface area contributed by atoms with E-state index in [1.165, 1.54) is 11.8 Å². The first kappa shape index (κ1) is 17.1. The Kier molecular flexibility index (Phi) is 4.67. The summed E-state index contributed by atoms with van der Waals surface area (Å²) in [5.41, 5.74) is 2.83. The van der Waals surface area contributed by atoms with Crippen LogP contribution >= 0.6 is 35.0 Å². The summed E-state index contributed by atoms with van der Waals surface area (Å²) in [6, 6.07) is 12.4. The van der Waals surface area contributed by atoms with Crippen molar-refractivity contribution in [1.29, 1.82) is 0 Å². The lowest BCUT2D eigenvalue weighted by atomic mass is 10.2. The van der Waals surface area contributed by atoms with E-state index in [9.17, 15) is 4.79 Å². The van der Waals surface area contributed by atoms with Gasteiger partial charge in [0.1, 0.15) is 5.52 Å². The quantitative estimate of drug-likeness (QED) is 0.488. The number of nitrogens with zero attached hydrogens (tertiary/aromatic N) is 3. The number of carbonyl (C=O) groups is 1. The Bertz CT molecular complexity index is 1110. The van der Waals surface area contributed by atoms with Gasteiger partial charge >= 0.3 is 0 Å². The molecule has 0 aliphatic rings. The van der Waals surface area contributed by atoms with Crippen LogP contribution in [0.1, 0.15) is 0 Å². The van der Waals surface area contributed by atoms with E-state index in [0.29, 0.717) is 32.1 Å². The highest BCUT2D eigenvalue weighted by Gasteiger charge is 2.11. The van der Waals surface area contributed by atoms with Crippen molar-refractivity contribution in [2.75, 3.05) is 11.1 Å². The molecule has 2 aromatic carbocycles. The van der Waals surface area contributed by atoms with Crippen LogP contribution in [0.2, 0.25) is 10.0 Å². The topological polar surface area (TPSA) is 83.6 Å². The molecule has 4 aromatic rings. The standard InChI is InChI=1S/C17H11Cl2N5OS/c18-9-1-4-11(5-2-9)20-14(25)8-26-17-22-16-15(23-24-17)12-7-10(19)3-6-13(12)21-16/h1-7H,8H2,(H,20,25)(H,21,22,24). The number of aromatic amines is 1. The predicted molar refractivity (Wildman–Crippen MR) is 105 cm³/mol. The average molecular weight is 404 g/mol. The van der Waals surface area contributed by atoms with E-state index < -0.39 is 0 Å². The monoisotopic (exact) mass is 403 g/mol. The number of carbonyl (C=O) groups excluding carboxylic acids is 1. The molecule has 6 nitrogen and oxygen atoms in total. The van der Waals surface area contributed by atoms with Gasteiger partial charge in [-0.05, 0) is 42.5 Å². The summed E-state index contributed by atoms with van der Waals surface area (Å²) in [4.78, 5) is 19.7. The highest BCUT2D eigenvalue weighted by Crippen LogP contribution is 2.26. The molecule has 0 saturated carbocycles. The highest BCUT2D eigenvalue weighted by molar-refractivity contribution is 7.99. The fourth-order valence-electron chi connectivity index (χ4n) is 2.45. The largest absolute Gasteiger partial charge is 0.338 e. The molecule has 0 saturated heterocycles. The van der Waals surface area contributed by atoms with Crippen LogP contribution in [0.3, 0.4) is 0 Å². The molecule has 0 spiro atoms. The first-order valence-corrected chi connectivity index (χ1v) is 9.32. The first-order valence-electron chi connectivity index (χ1n) is 7.58. The second-order valence-corrected chi connectivity index (χ2v) is 7.27. The summed E-state index contributed by atoms with van der Waals surface area (Å²) in [6.07, 6.45) is 0. The Balaban J connectivity index is 1.47.